The minimum Gasteiger partial charge on any atom is -0.393 e. The normalized spacial score (nSPS) is 12.7. The van der Waals surface area contributed by atoms with Crippen LogP contribution < -0.4 is 0 Å². The van der Waals surface area contributed by atoms with Gasteiger partial charge >= 0.3 is 0 Å². The maximum atomic E-state index is 10.2. The third kappa shape index (κ3) is 3.41. The van der Waals surface area contributed by atoms with Crippen LogP contribution in [0.1, 0.15) is 28.9 Å². The summed E-state index contributed by atoms with van der Waals surface area (Å²) in [7, 11) is 1.95. The van der Waals surface area contributed by atoms with Gasteiger partial charge < -0.3 is 5.11 Å². The topological polar surface area (TPSA) is 38.0 Å². The predicted octanol–water partition coefficient (Wildman–Crippen LogP) is 3.23. The monoisotopic (exact) mass is 292 g/mol. The molecule has 0 fully saturated rings. The van der Waals surface area contributed by atoms with Crippen molar-refractivity contribution in [2.75, 3.05) is 0 Å². The number of aromatic nitrogens is 2. The number of rotatable bonds is 5. The number of aliphatic hydroxyl groups is 1. The van der Waals surface area contributed by atoms with Crippen molar-refractivity contribution in [3.63, 3.8) is 0 Å². The Bertz CT molecular complexity index is 592. The summed E-state index contributed by atoms with van der Waals surface area (Å²) in [5.74, 6) is 0. The van der Waals surface area contributed by atoms with Crippen LogP contribution in [0, 0.1) is 13.8 Å². The molecule has 1 unspecified atom stereocenters. The van der Waals surface area contributed by atoms with Crippen molar-refractivity contribution < 1.29 is 5.11 Å². The second kappa shape index (κ2) is 6.42. The van der Waals surface area contributed by atoms with Gasteiger partial charge in [-0.2, -0.15) is 5.10 Å². The third-order valence-corrected chi connectivity index (χ3v) is 4.17. The fourth-order valence-corrected chi connectivity index (χ4v) is 2.72. The van der Waals surface area contributed by atoms with E-state index in [1.807, 2.05) is 42.9 Å². The fraction of sp³-hybridized carbons (Fsp3) is 0.438. The van der Waals surface area contributed by atoms with Gasteiger partial charge in [0.1, 0.15) is 0 Å². The third-order valence-electron chi connectivity index (χ3n) is 3.80. The number of hydrogen-bond acceptors (Lipinski definition) is 2. The maximum Gasteiger partial charge on any atom is 0.0628 e. The molecule has 0 spiro atoms. The number of aryl methyl sites for hydroxylation is 2. The van der Waals surface area contributed by atoms with E-state index in [2.05, 4.69) is 12.0 Å². The highest BCUT2D eigenvalue weighted by Crippen LogP contribution is 2.20. The Morgan fingerprint density at radius 3 is 2.60 bits per heavy atom. The van der Waals surface area contributed by atoms with Gasteiger partial charge in [0.25, 0.3) is 0 Å². The van der Waals surface area contributed by atoms with Gasteiger partial charge in [0, 0.05) is 17.8 Å². The Balaban J connectivity index is 1.96. The molecule has 0 aliphatic carbocycles. The van der Waals surface area contributed by atoms with Crippen molar-refractivity contribution in [3.8, 4) is 0 Å². The van der Waals surface area contributed by atoms with E-state index < -0.39 is 0 Å². The highest BCUT2D eigenvalue weighted by atomic mass is 35.5. The van der Waals surface area contributed by atoms with Crippen molar-refractivity contribution in [2.45, 2.75) is 39.2 Å². The second-order valence-electron chi connectivity index (χ2n) is 5.26. The Kier molecular flexibility index (Phi) is 4.84. The summed E-state index contributed by atoms with van der Waals surface area (Å²) in [6.07, 6.45) is 1.78. The van der Waals surface area contributed by atoms with Gasteiger partial charge in [0.05, 0.1) is 11.8 Å². The lowest BCUT2D eigenvalue weighted by molar-refractivity contribution is 0.165. The number of nitrogens with zero attached hydrogens (tertiary/aromatic N) is 2. The number of hydrogen-bond donors (Lipinski definition) is 1. The Hall–Kier alpha value is -1.32. The molecule has 0 radical (unpaired) electrons. The lowest BCUT2D eigenvalue weighted by Gasteiger charge is -2.12. The van der Waals surface area contributed by atoms with Crippen LogP contribution in [0.3, 0.4) is 0 Å². The number of aliphatic hydroxyl groups excluding tert-OH is 1. The molecule has 1 aromatic heterocycles. The van der Waals surface area contributed by atoms with Gasteiger partial charge in [0.15, 0.2) is 0 Å². The highest BCUT2D eigenvalue weighted by molar-refractivity contribution is 6.31. The van der Waals surface area contributed by atoms with Gasteiger partial charge in [-0.25, -0.2) is 0 Å². The largest absolute Gasteiger partial charge is 0.393 e. The van der Waals surface area contributed by atoms with Crippen LogP contribution >= 0.6 is 11.6 Å². The Morgan fingerprint density at radius 1 is 1.30 bits per heavy atom. The van der Waals surface area contributed by atoms with E-state index in [4.69, 9.17) is 11.6 Å². The lowest BCUT2D eigenvalue weighted by Crippen LogP contribution is -2.12. The van der Waals surface area contributed by atoms with Crippen LogP contribution in [0.15, 0.2) is 24.3 Å². The molecule has 1 aromatic carbocycles. The van der Waals surface area contributed by atoms with Crippen molar-refractivity contribution in [1.82, 2.24) is 9.78 Å². The molecular formula is C16H21ClN2O. The van der Waals surface area contributed by atoms with Crippen molar-refractivity contribution in [2.24, 2.45) is 7.05 Å². The Labute approximate surface area is 125 Å². The molecular weight excluding hydrogens is 272 g/mol. The van der Waals surface area contributed by atoms with E-state index in [9.17, 15) is 5.11 Å². The molecule has 0 saturated carbocycles. The Morgan fingerprint density at radius 2 is 2.00 bits per heavy atom. The van der Waals surface area contributed by atoms with Gasteiger partial charge in [-0.05, 0) is 50.3 Å². The van der Waals surface area contributed by atoms with Crippen LogP contribution in [-0.2, 0) is 19.9 Å². The first-order valence-corrected chi connectivity index (χ1v) is 7.27. The van der Waals surface area contributed by atoms with Gasteiger partial charge in [-0.15, -0.1) is 0 Å². The lowest BCUT2D eigenvalue weighted by atomic mass is 10.0. The minimum absolute atomic E-state index is 0.381. The van der Waals surface area contributed by atoms with E-state index in [1.165, 1.54) is 11.3 Å². The smallest absolute Gasteiger partial charge is 0.0628 e. The molecule has 0 amide bonds. The van der Waals surface area contributed by atoms with Gasteiger partial charge in [-0.3, -0.25) is 4.68 Å². The summed E-state index contributed by atoms with van der Waals surface area (Å²) in [4.78, 5) is 0. The molecule has 0 aliphatic heterocycles. The molecule has 2 aromatic rings. The average Bonchev–Trinajstić information content (AvgIpc) is 2.64. The van der Waals surface area contributed by atoms with E-state index in [1.54, 1.807) is 0 Å². The zero-order valence-electron chi connectivity index (χ0n) is 12.2. The average molecular weight is 293 g/mol. The summed E-state index contributed by atoms with van der Waals surface area (Å²) in [6.45, 7) is 4.08. The minimum atomic E-state index is -0.381. The SMILES string of the molecule is Cc1nn(C)c(C)c1CCC(O)Cc1ccccc1Cl. The zero-order chi connectivity index (χ0) is 14.7. The van der Waals surface area contributed by atoms with Crippen LogP contribution in [0.25, 0.3) is 0 Å². The molecule has 1 atom stereocenters. The van der Waals surface area contributed by atoms with Crippen LogP contribution in [0.4, 0.5) is 0 Å². The molecule has 20 heavy (non-hydrogen) atoms. The first-order chi connectivity index (χ1) is 9.49. The van der Waals surface area contributed by atoms with E-state index in [0.717, 1.165) is 29.1 Å². The molecule has 0 saturated heterocycles. The standard InChI is InChI=1S/C16H21ClN2O/c1-11-15(12(2)19(3)18-11)9-8-14(20)10-13-6-4-5-7-16(13)17/h4-7,14,20H,8-10H2,1-3H3. The van der Waals surface area contributed by atoms with Crippen molar-refractivity contribution >= 4 is 11.6 Å². The molecule has 0 bridgehead atoms. The maximum absolute atomic E-state index is 10.2. The van der Waals surface area contributed by atoms with E-state index in [0.29, 0.717) is 6.42 Å². The summed E-state index contributed by atoms with van der Waals surface area (Å²) in [5, 5.41) is 15.3. The first kappa shape index (κ1) is 15.1. The van der Waals surface area contributed by atoms with Crippen molar-refractivity contribution in [3.05, 3.63) is 51.8 Å². The summed E-state index contributed by atoms with van der Waals surface area (Å²) in [6, 6.07) is 7.68. The zero-order valence-corrected chi connectivity index (χ0v) is 13.0. The molecule has 108 valence electrons. The molecule has 0 aliphatic rings. The molecule has 3 nitrogen and oxygen atoms in total. The van der Waals surface area contributed by atoms with Crippen molar-refractivity contribution in [1.29, 1.82) is 0 Å². The van der Waals surface area contributed by atoms with Crippen LogP contribution in [0.5, 0.6) is 0 Å². The van der Waals surface area contributed by atoms with E-state index in [-0.39, 0.29) is 6.10 Å². The van der Waals surface area contributed by atoms with Gasteiger partial charge in [0.2, 0.25) is 0 Å². The molecule has 4 heteroatoms. The van der Waals surface area contributed by atoms with Gasteiger partial charge in [-0.1, -0.05) is 29.8 Å². The fourth-order valence-electron chi connectivity index (χ4n) is 2.51. The quantitative estimate of drug-likeness (QED) is 0.919. The highest BCUT2D eigenvalue weighted by Gasteiger charge is 2.13. The molecule has 1 heterocycles. The van der Waals surface area contributed by atoms with Crippen LogP contribution in [0.2, 0.25) is 5.02 Å². The summed E-state index contributed by atoms with van der Waals surface area (Å²) >= 11 is 6.11. The summed E-state index contributed by atoms with van der Waals surface area (Å²) in [5.41, 5.74) is 4.47. The molecule has 1 N–H and O–H groups in total. The summed E-state index contributed by atoms with van der Waals surface area (Å²) < 4.78 is 1.89. The molecule has 2 rings (SSSR count). The second-order valence-corrected chi connectivity index (χ2v) is 5.67. The predicted molar refractivity (Wildman–Crippen MR) is 82.2 cm³/mol. The first-order valence-electron chi connectivity index (χ1n) is 6.89. The van der Waals surface area contributed by atoms with Crippen LogP contribution in [-0.4, -0.2) is 21.0 Å². The van der Waals surface area contributed by atoms with E-state index >= 15 is 0 Å². The number of halogens is 1. The number of benzene rings is 1.